The highest BCUT2D eigenvalue weighted by molar-refractivity contribution is 5.38. The molecule has 3 heterocycles. The van der Waals surface area contributed by atoms with Gasteiger partial charge in [-0.05, 0) is 25.0 Å². The van der Waals surface area contributed by atoms with Gasteiger partial charge in [-0.25, -0.2) is 4.98 Å². The maximum atomic E-state index is 4.41. The van der Waals surface area contributed by atoms with Crippen molar-refractivity contribution in [1.82, 2.24) is 20.3 Å². The van der Waals surface area contributed by atoms with E-state index in [0.29, 0.717) is 6.04 Å². The van der Waals surface area contributed by atoms with Crippen LogP contribution in [0.1, 0.15) is 18.5 Å². The molecule has 0 spiro atoms. The molecule has 0 bridgehead atoms. The Morgan fingerprint density at radius 1 is 1.10 bits per heavy atom. The second-order valence-corrected chi connectivity index (χ2v) is 5.03. The molecule has 3 rings (SSSR count). The van der Waals surface area contributed by atoms with E-state index in [0.717, 1.165) is 44.0 Å². The van der Waals surface area contributed by atoms with Crippen molar-refractivity contribution in [2.45, 2.75) is 25.4 Å². The van der Waals surface area contributed by atoms with Gasteiger partial charge in [-0.2, -0.15) is 0 Å². The molecule has 1 aliphatic heterocycles. The van der Waals surface area contributed by atoms with Crippen molar-refractivity contribution in [2.24, 2.45) is 0 Å². The highest BCUT2D eigenvalue weighted by Gasteiger charge is 2.19. The minimum Gasteiger partial charge on any atom is -0.357 e. The molecule has 0 amide bonds. The van der Waals surface area contributed by atoms with Gasteiger partial charge >= 0.3 is 0 Å². The van der Waals surface area contributed by atoms with E-state index >= 15 is 0 Å². The Labute approximate surface area is 119 Å². The summed E-state index contributed by atoms with van der Waals surface area (Å²) in [6.07, 6.45) is 9.38. The third-order valence-corrected chi connectivity index (χ3v) is 3.66. The minimum atomic E-state index is 0.553. The van der Waals surface area contributed by atoms with Gasteiger partial charge in [0.05, 0.1) is 5.69 Å². The van der Waals surface area contributed by atoms with Gasteiger partial charge in [0.15, 0.2) is 0 Å². The van der Waals surface area contributed by atoms with Gasteiger partial charge in [0.1, 0.15) is 5.82 Å². The Morgan fingerprint density at radius 2 is 2.00 bits per heavy atom. The van der Waals surface area contributed by atoms with Gasteiger partial charge in [-0.3, -0.25) is 9.97 Å². The van der Waals surface area contributed by atoms with Crippen LogP contribution < -0.4 is 10.2 Å². The van der Waals surface area contributed by atoms with Crippen molar-refractivity contribution < 1.29 is 0 Å². The number of piperidine rings is 1. The molecular weight excluding hydrogens is 250 g/mol. The largest absolute Gasteiger partial charge is 0.357 e. The van der Waals surface area contributed by atoms with Crippen molar-refractivity contribution in [1.29, 1.82) is 0 Å². The molecule has 20 heavy (non-hydrogen) atoms. The number of hydrogen-bond acceptors (Lipinski definition) is 5. The van der Waals surface area contributed by atoms with E-state index in [9.17, 15) is 0 Å². The third-order valence-electron chi connectivity index (χ3n) is 3.66. The van der Waals surface area contributed by atoms with E-state index < -0.39 is 0 Å². The molecule has 5 heteroatoms. The van der Waals surface area contributed by atoms with Gasteiger partial charge in [0.2, 0.25) is 0 Å². The van der Waals surface area contributed by atoms with Crippen LogP contribution in [0, 0.1) is 0 Å². The molecule has 2 aromatic rings. The van der Waals surface area contributed by atoms with E-state index in [2.05, 4.69) is 31.2 Å². The summed E-state index contributed by atoms with van der Waals surface area (Å²) in [6, 6.07) is 6.63. The number of rotatable bonds is 4. The highest BCUT2D eigenvalue weighted by Crippen LogP contribution is 2.17. The lowest BCUT2D eigenvalue weighted by atomic mass is 10.0. The van der Waals surface area contributed by atoms with Crippen LogP contribution in [0.2, 0.25) is 0 Å². The molecule has 0 aliphatic carbocycles. The molecule has 0 saturated carbocycles. The summed E-state index contributed by atoms with van der Waals surface area (Å²) in [5, 5.41) is 3.56. The SMILES string of the molecule is c1ccc(N2CCC(NCc3cnccn3)CC2)nc1. The molecule has 0 atom stereocenters. The Balaban J connectivity index is 1.47. The fourth-order valence-corrected chi connectivity index (χ4v) is 2.52. The maximum Gasteiger partial charge on any atom is 0.128 e. The summed E-state index contributed by atoms with van der Waals surface area (Å²) >= 11 is 0. The molecule has 1 saturated heterocycles. The van der Waals surface area contributed by atoms with Crippen LogP contribution in [0.4, 0.5) is 5.82 Å². The number of nitrogens with one attached hydrogen (secondary N) is 1. The first-order chi connectivity index (χ1) is 9.92. The van der Waals surface area contributed by atoms with Gasteiger partial charge < -0.3 is 10.2 Å². The monoisotopic (exact) mass is 269 g/mol. The smallest absolute Gasteiger partial charge is 0.128 e. The summed E-state index contributed by atoms with van der Waals surface area (Å²) < 4.78 is 0. The van der Waals surface area contributed by atoms with Crippen LogP contribution in [0.5, 0.6) is 0 Å². The van der Waals surface area contributed by atoms with Crippen LogP contribution in [0.3, 0.4) is 0 Å². The van der Waals surface area contributed by atoms with Gasteiger partial charge in [0, 0.05) is 50.5 Å². The molecule has 0 unspecified atom stereocenters. The zero-order chi connectivity index (χ0) is 13.6. The second-order valence-electron chi connectivity index (χ2n) is 5.03. The lowest BCUT2D eigenvalue weighted by Gasteiger charge is -2.33. The number of hydrogen-bond donors (Lipinski definition) is 1. The molecule has 2 aromatic heterocycles. The fourth-order valence-electron chi connectivity index (χ4n) is 2.52. The van der Waals surface area contributed by atoms with Crippen LogP contribution in [0.25, 0.3) is 0 Å². The highest BCUT2D eigenvalue weighted by atomic mass is 15.2. The fraction of sp³-hybridized carbons (Fsp3) is 0.400. The molecule has 0 aromatic carbocycles. The van der Waals surface area contributed by atoms with Crippen molar-refractivity contribution in [3.05, 3.63) is 48.7 Å². The predicted molar refractivity (Wildman–Crippen MR) is 78.3 cm³/mol. The van der Waals surface area contributed by atoms with E-state index in [1.807, 2.05) is 24.5 Å². The first kappa shape index (κ1) is 13.0. The van der Waals surface area contributed by atoms with E-state index in [-0.39, 0.29) is 0 Å². The van der Waals surface area contributed by atoms with Gasteiger partial charge in [0.25, 0.3) is 0 Å². The van der Waals surface area contributed by atoms with Crippen LogP contribution >= 0.6 is 0 Å². The number of anilines is 1. The molecule has 5 nitrogen and oxygen atoms in total. The molecule has 1 N–H and O–H groups in total. The van der Waals surface area contributed by atoms with Crippen LogP contribution in [-0.4, -0.2) is 34.1 Å². The van der Waals surface area contributed by atoms with E-state index in [4.69, 9.17) is 0 Å². The number of pyridine rings is 1. The Kier molecular flexibility index (Phi) is 4.18. The summed E-state index contributed by atoms with van der Waals surface area (Å²) in [5.41, 5.74) is 1.000. The Morgan fingerprint density at radius 3 is 2.70 bits per heavy atom. The topological polar surface area (TPSA) is 53.9 Å². The van der Waals surface area contributed by atoms with E-state index in [1.54, 1.807) is 12.4 Å². The quantitative estimate of drug-likeness (QED) is 0.914. The van der Waals surface area contributed by atoms with Gasteiger partial charge in [-0.1, -0.05) is 6.07 Å². The molecule has 0 radical (unpaired) electrons. The second kappa shape index (κ2) is 6.43. The van der Waals surface area contributed by atoms with Crippen molar-refractivity contribution in [3.8, 4) is 0 Å². The summed E-state index contributed by atoms with van der Waals surface area (Å²) in [5.74, 6) is 1.08. The Bertz CT molecular complexity index is 508. The van der Waals surface area contributed by atoms with Crippen LogP contribution in [0.15, 0.2) is 43.0 Å². The normalized spacial score (nSPS) is 16.3. The summed E-state index contributed by atoms with van der Waals surface area (Å²) in [4.78, 5) is 15.1. The lowest BCUT2D eigenvalue weighted by Crippen LogP contribution is -2.42. The molecule has 104 valence electrons. The molecule has 1 aliphatic rings. The summed E-state index contributed by atoms with van der Waals surface area (Å²) in [7, 11) is 0. The van der Waals surface area contributed by atoms with Gasteiger partial charge in [-0.15, -0.1) is 0 Å². The predicted octanol–water partition coefficient (Wildman–Crippen LogP) is 1.63. The third kappa shape index (κ3) is 3.30. The average molecular weight is 269 g/mol. The number of aromatic nitrogens is 3. The van der Waals surface area contributed by atoms with Crippen LogP contribution in [-0.2, 0) is 6.54 Å². The molecule has 1 fully saturated rings. The van der Waals surface area contributed by atoms with Crippen molar-refractivity contribution in [2.75, 3.05) is 18.0 Å². The standard InChI is InChI=1S/C15H19N5/c1-2-6-18-15(3-1)20-9-4-13(5-10-20)19-12-14-11-16-7-8-17-14/h1-3,6-8,11,13,19H,4-5,9-10,12H2. The van der Waals surface area contributed by atoms with Crippen molar-refractivity contribution >= 4 is 5.82 Å². The zero-order valence-electron chi connectivity index (χ0n) is 11.4. The Hall–Kier alpha value is -2.01. The summed E-state index contributed by atoms with van der Waals surface area (Å²) in [6.45, 7) is 2.90. The first-order valence-electron chi connectivity index (χ1n) is 7.06. The van der Waals surface area contributed by atoms with E-state index in [1.165, 1.54) is 0 Å². The lowest BCUT2D eigenvalue weighted by molar-refractivity contribution is 0.410. The maximum absolute atomic E-state index is 4.41. The van der Waals surface area contributed by atoms with Crippen molar-refractivity contribution in [3.63, 3.8) is 0 Å². The first-order valence-corrected chi connectivity index (χ1v) is 7.06. The average Bonchev–Trinajstić information content (AvgIpc) is 2.55. The number of nitrogens with zero attached hydrogens (tertiary/aromatic N) is 4. The minimum absolute atomic E-state index is 0.553. The zero-order valence-corrected chi connectivity index (χ0v) is 11.4. The molecular formula is C15H19N5.